The third kappa shape index (κ3) is 4.96. The molecule has 1 N–H and O–H groups in total. The van der Waals surface area contributed by atoms with Crippen molar-refractivity contribution in [2.75, 3.05) is 36.5 Å². The molecule has 1 aromatic carbocycles. The Morgan fingerprint density at radius 3 is 2.69 bits per heavy atom. The van der Waals surface area contributed by atoms with Crippen LogP contribution in [0.5, 0.6) is 0 Å². The number of nitrogens with one attached hydrogen (secondary N) is 1. The summed E-state index contributed by atoms with van der Waals surface area (Å²) in [6.45, 7) is 4.58. The fourth-order valence-corrected chi connectivity index (χ4v) is 4.56. The first-order valence-electron chi connectivity index (χ1n) is 11.3. The molecule has 3 aromatic heterocycles. The number of halogens is 2. The monoisotopic (exact) mass is 527 g/mol. The van der Waals surface area contributed by atoms with Crippen molar-refractivity contribution in [2.45, 2.75) is 12.1 Å². The number of imidazole rings is 1. The predicted octanol–water partition coefficient (Wildman–Crippen LogP) is 4.76. The van der Waals surface area contributed by atoms with Crippen LogP contribution in [0.4, 0.5) is 20.2 Å². The molecular formula is C25H25F2N5O2P2. The molecule has 1 fully saturated rings. The van der Waals surface area contributed by atoms with Crippen LogP contribution >= 0.6 is 18.5 Å². The van der Waals surface area contributed by atoms with Crippen molar-refractivity contribution >= 4 is 41.4 Å². The van der Waals surface area contributed by atoms with Gasteiger partial charge in [0.15, 0.2) is 10.8 Å². The Morgan fingerprint density at radius 2 is 1.94 bits per heavy atom. The first-order valence-corrected chi connectivity index (χ1v) is 12.5. The number of carbonyl (C=O) groups excluding carboxylic acids is 1. The van der Waals surface area contributed by atoms with Gasteiger partial charge in [0.1, 0.15) is 5.82 Å². The maximum absolute atomic E-state index is 14.9. The normalized spacial score (nSPS) is 14.3. The summed E-state index contributed by atoms with van der Waals surface area (Å²) in [4.78, 5) is 23.6. The summed E-state index contributed by atoms with van der Waals surface area (Å²) in [6.07, 6.45) is 8.19. The molecular weight excluding hydrogens is 502 g/mol. The second-order valence-electron chi connectivity index (χ2n) is 8.70. The SMILES string of the molecule is Cc1cc(F)c(NC(=O)c2cncc(C(F)(P)P)c2)cc1-c1cc(N2CCOCC2)c2nccn2c1. The third-order valence-corrected chi connectivity index (χ3v) is 6.80. The van der Waals surface area contributed by atoms with Crippen molar-refractivity contribution in [3.8, 4) is 11.1 Å². The van der Waals surface area contributed by atoms with Crippen molar-refractivity contribution in [2.24, 2.45) is 0 Å². The lowest BCUT2D eigenvalue weighted by Gasteiger charge is -2.29. The van der Waals surface area contributed by atoms with Crippen LogP contribution < -0.4 is 10.2 Å². The number of alkyl halides is 1. The molecule has 7 nitrogen and oxygen atoms in total. The minimum atomic E-state index is -1.82. The van der Waals surface area contributed by atoms with E-state index in [1.54, 1.807) is 12.3 Å². The van der Waals surface area contributed by atoms with Crippen LogP contribution in [0.1, 0.15) is 21.5 Å². The summed E-state index contributed by atoms with van der Waals surface area (Å²) in [6, 6.07) is 6.43. The maximum atomic E-state index is 14.9. The molecule has 1 aliphatic rings. The van der Waals surface area contributed by atoms with E-state index >= 15 is 0 Å². The minimum Gasteiger partial charge on any atom is -0.378 e. The van der Waals surface area contributed by atoms with Gasteiger partial charge in [0.05, 0.1) is 30.2 Å². The summed E-state index contributed by atoms with van der Waals surface area (Å²) in [5.41, 5.74) is 4.46. The molecule has 0 radical (unpaired) electrons. The van der Waals surface area contributed by atoms with Gasteiger partial charge in [0, 0.05) is 55.2 Å². The smallest absolute Gasteiger partial charge is 0.257 e. The number of ether oxygens (including phenoxy) is 1. The number of hydrogen-bond donors (Lipinski definition) is 1. The fraction of sp³-hybridized carbons (Fsp3) is 0.240. The molecule has 0 saturated carbocycles. The van der Waals surface area contributed by atoms with E-state index < -0.39 is 16.9 Å². The highest BCUT2D eigenvalue weighted by Crippen LogP contribution is 2.40. The molecule has 4 heterocycles. The zero-order valence-corrected chi connectivity index (χ0v) is 21.8. The van der Waals surface area contributed by atoms with Gasteiger partial charge in [-0.05, 0) is 42.3 Å². The number of aryl methyl sites for hydroxylation is 1. The van der Waals surface area contributed by atoms with Gasteiger partial charge in [-0.1, -0.05) is 18.5 Å². The Bertz CT molecular complexity index is 1450. The molecule has 2 atom stereocenters. The highest BCUT2D eigenvalue weighted by Gasteiger charge is 2.22. The van der Waals surface area contributed by atoms with E-state index in [1.165, 1.54) is 24.5 Å². The number of benzene rings is 1. The average Bonchev–Trinajstić information content (AvgIpc) is 3.34. The van der Waals surface area contributed by atoms with Gasteiger partial charge in [0.2, 0.25) is 0 Å². The molecule has 11 heteroatoms. The Morgan fingerprint density at radius 1 is 1.17 bits per heavy atom. The quantitative estimate of drug-likeness (QED) is 0.379. The van der Waals surface area contributed by atoms with Gasteiger partial charge in [-0.3, -0.25) is 9.78 Å². The van der Waals surface area contributed by atoms with Crippen LogP contribution in [0.15, 0.2) is 55.2 Å². The molecule has 0 bridgehead atoms. The standard InChI is InChI=1S/C25H25F2N5O2P2/c1-15-8-20(26)21(30-24(33)16-9-18(13-28-12-16)25(27,35)36)11-19(15)17-10-22(31-4-6-34-7-5-31)23-29-2-3-32(23)14-17/h2-3,8-14H,4-7,35-36H2,1H3,(H,30,33). The Hall–Kier alpha value is -2.99. The molecule has 0 aliphatic carbocycles. The van der Waals surface area contributed by atoms with Crippen LogP contribution in [0.2, 0.25) is 0 Å². The summed E-state index contributed by atoms with van der Waals surface area (Å²) < 4.78 is 36.6. The maximum Gasteiger partial charge on any atom is 0.257 e. The Labute approximate surface area is 211 Å². The van der Waals surface area contributed by atoms with Crippen LogP contribution in [-0.4, -0.2) is 46.6 Å². The van der Waals surface area contributed by atoms with Crippen LogP contribution in [-0.2, 0) is 9.89 Å². The number of morpholine rings is 1. The molecule has 4 aromatic rings. The highest BCUT2D eigenvalue weighted by atomic mass is 31.1. The van der Waals surface area contributed by atoms with Gasteiger partial charge in [-0.2, -0.15) is 0 Å². The number of carbonyl (C=O) groups is 1. The number of pyridine rings is 2. The van der Waals surface area contributed by atoms with E-state index in [9.17, 15) is 13.6 Å². The fourth-order valence-electron chi connectivity index (χ4n) is 4.25. The van der Waals surface area contributed by atoms with Crippen LogP contribution in [0, 0.1) is 12.7 Å². The van der Waals surface area contributed by atoms with Gasteiger partial charge in [-0.15, -0.1) is 0 Å². The third-order valence-electron chi connectivity index (χ3n) is 6.14. The lowest BCUT2D eigenvalue weighted by molar-refractivity contribution is 0.102. The second-order valence-corrected chi connectivity index (χ2v) is 11.1. The Kier molecular flexibility index (Phi) is 6.73. The molecule has 5 rings (SSSR count). The number of aromatic nitrogens is 3. The summed E-state index contributed by atoms with van der Waals surface area (Å²) in [5, 5.41) is 0.793. The first-order chi connectivity index (χ1) is 17.2. The van der Waals surface area contributed by atoms with Gasteiger partial charge >= 0.3 is 0 Å². The minimum absolute atomic E-state index is 0.0212. The molecule has 2 unspecified atom stereocenters. The van der Waals surface area contributed by atoms with Gasteiger partial charge in [-0.25, -0.2) is 13.8 Å². The number of nitrogens with zero attached hydrogens (tertiary/aromatic N) is 4. The van der Waals surface area contributed by atoms with Gasteiger partial charge < -0.3 is 19.4 Å². The molecule has 1 aliphatic heterocycles. The largest absolute Gasteiger partial charge is 0.378 e. The van der Waals surface area contributed by atoms with E-state index in [0.717, 1.165) is 41.1 Å². The zero-order chi connectivity index (χ0) is 25.4. The summed E-state index contributed by atoms with van der Waals surface area (Å²) in [7, 11) is 4.07. The molecule has 0 spiro atoms. The first kappa shape index (κ1) is 24.7. The van der Waals surface area contributed by atoms with E-state index in [-0.39, 0.29) is 16.8 Å². The predicted molar refractivity (Wildman–Crippen MR) is 143 cm³/mol. The van der Waals surface area contributed by atoms with E-state index in [1.807, 2.05) is 48.3 Å². The van der Waals surface area contributed by atoms with Gasteiger partial charge in [0.25, 0.3) is 5.91 Å². The highest BCUT2D eigenvalue weighted by molar-refractivity contribution is 7.38. The lowest BCUT2D eigenvalue weighted by Crippen LogP contribution is -2.36. The average molecular weight is 527 g/mol. The van der Waals surface area contributed by atoms with Crippen LogP contribution in [0.3, 0.4) is 0 Å². The van der Waals surface area contributed by atoms with Crippen molar-refractivity contribution < 1.29 is 18.3 Å². The number of anilines is 2. The number of hydrogen-bond acceptors (Lipinski definition) is 5. The van der Waals surface area contributed by atoms with Crippen molar-refractivity contribution in [3.63, 3.8) is 0 Å². The van der Waals surface area contributed by atoms with Crippen molar-refractivity contribution in [1.82, 2.24) is 14.4 Å². The molecule has 36 heavy (non-hydrogen) atoms. The van der Waals surface area contributed by atoms with Crippen LogP contribution in [0.25, 0.3) is 16.8 Å². The molecule has 186 valence electrons. The lowest BCUT2D eigenvalue weighted by atomic mass is 10.00. The van der Waals surface area contributed by atoms with Crippen molar-refractivity contribution in [3.05, 3.63) is 77.8 Å². The number of amides is 1. The zero-order valence-electron chi connectivity index (χ0n) is 19.5. The molecule has 1 amide bonds. The second kappa shape index (κ2) is 9.81. The molecule has 1 saturated heterocycles. The van der Waals surface area contributed by atoms with Crippen molar-refractivity contribution in [1.29, 1.82) is 0 Å². The summed E-state index contributed by atoms with van der Waals surface area (Å²) >= 11 is 0. The van der Waals surface area contributed by atoms with E-state index in [4.69, 9.17) is 4.74 Å². The Balaban J connectivity index is 1.51. The topological polar surface area (TPSA) is 71.8 Å². The number of rotatable bonds is 5. The number of fused-ring (bicyclic) bond motifs is 1. The van der Waals surface area contributed by atoms with E-state index in [0.29, 0.717) is 13.2 Å². The summed E-state index contributed by atoms with van der Waals surface area (Å²) in [5.74, 6) is -1.15. The van der Waals surface area contributed by atoms with E-state index in [2.05, 4.69) is 20.2 Å².